The smallest absolute Gasteiger partial charge is 1.00 e. The van der Waals surface area contributed by atoms with E-state index < -0.39 is 58.8 Å². The summed E-state index contributed by atoms with van der Waals surface area (Å²) < 4.78 is 82.7. The van der Waals surface area contributed by atoms with Crippen molar-refractivity contribution in [3.8, 4) is 0 Å². The largest absolute Gasteiger partial charge is 2.00 e. The predicted molar refractivity (Wildman–Crippen MR) is 89.5 cm³/mol. The van der Waals surface area contributed by atoms with Crippen molar-refractivity contribution in [1.29, 1.82) is 0 Å². The maximum absolute atomic E-state index is 14.3. The average Bonchev–Trinajstić information content (AvgIpc) is 2.54. The second-order valence-corrected chi connectivity index (χ2v) is 8.53. The van der Waals surface area contributed by atoms with Crippen LogP contribution in [0.4, 0.5) is 26.3 Å². The zero-order valence-electron chi connectivity index (χ0n) is 14.0. The van der Waals surface area contributed by atoms with Gasteiger partial charge in [-0.25, -0.2) is 26.3 Å². The van der Waals surface area contributed by atoms with Gasteiger partial charge in [0.15, 0.2) is 0 Å². The van der Waals surface area contributed by atoms with Gasteiger partial charge < -0.3 is 17.2 Å². The molecule has 0 saturated heterocycles. The zero-order chi connectivity index (χ0) is 19.1. The van der Waals surface area contributed by atoms with E-state index in [0.717, 1.165) is 36.4 Å². The summed E-state index contributed by atoms with van der Waals surface area (Å²) >= 11 is 0. The molecule has 0 atom stereocenters. The SMILES string of the molecule is [Cl-].[Mg+2].[O-][Si](c1ccc(F)cc1F)(c1ccc(F)cc1F)c1ccc(F)cc1F. The third-order valence-corrected chi connectivity index (χ3v) is 7.42. The number of hydrogen-bond acceptors (Lipinski definition) is 1. The van der Waals surface area contributed by atoms with Gasteiger partial charge >= 0.3 is 23.1 Å². The van der Waals surface area contributed by atoms with Crippen LogP contribution in [0.25, 0.3) is 0 Å². The van der Waals surface area contributed by atoms with Gasteiger partial charge in [-0.15, -0.1) is 0 Å². The van der Waals surface area contributed by atoms with E-state index in [1.54, 1.807) is 0 Å². The third-order valence-electron chi connectivity index (χ3n) is 3.93. The first-order valence-electron chi connectivity index (χ1n) is 7.30. The van der Waals surface area contributed by atoms with Gasteiger partial charge in [0.1, 0.15) is 34.9 Å². The molecule has 0 aliphatic carbocycles. The minimum absolute atomic E-state index is 0. The Morgan fingerprint density at radius 2 is 0.786 bits per heavy atom. The summed E-state index contributed by atoms with van der Waals surface area (Å²) in [4.78, 5) is 13.8. The van der Waals surface area contributed by atoms with Gasteiger partial charge in [0.05, 0.1) is 8.32 Å². The van der Waals surface area contributed by atoms with E-state index in [9.17, 15) is 31.1 Å². The Kier molecular flexibility index (Phi) is 8.15. The maximum Gasteiger partial charge on any atom is 2.00 e. The van der Waals surface area contributed by atoms with Gasteiger partial charge in [-0.2, -0.15) is 0 Å². The van der Waals surface area contributed by atoms with Gasteiger partial charge in [-0.05, 0) is 33.8 Å². The van der Waals surface area contributed by atoms with Crippen LogP contribution in [0, 0.1) is 34.9 Å². The Balaban J connectivity index is 0.00000196. The van der Waals surface area contributed by atoms with Crippen LogP contribution in [0.2, 0.25) is 0 Å². The van der Waals surface area contributed by atoms with Crippen LogP contribution in [0.1, 0.15) is 0 Å². The molecule has 3 aromatic rings. The Bertz CT molecular complexity index is 879. The first kappa shape index (κ1) is 24.5. The van der Waals surface area contributed by atoms with Crippen molar-refractivity contribution in [3.63, 3.8) is 0 Å². The molecule has 0 radical (unpaired) electrons. The molecule has 3 rings (SSSR count). The molecule has 0 bridgehead atoms. The molecule has 0 N–H and O–H groups in total. The first-order valence-corrected chi connectivity index (χ1v) is 9.21. The second-order valence-electron chi connectivity index (χ2n) is 5.55. The van der Waals surface area contributed by atoms with Gasteiger partial charge in [-0.1, -0.05) is 18.2 Å². The van der Waals surface area contributed by atoms with Gasteiger partial charge in [0, 0.05) is 18.2 Å². The van der Waals surface area contributed by atoms with E-state index in [1.807, 2.05) is 0 Å². The molecule has 0 saturated carbocycles. The molecule has 0 fully saturated rings. The fourth-order valence-corrected chi connectivity index (χ4v) is 5.81. The molecule has 142 valence electrons. The minimum Gasteiger partial charge on any atom is -1.00 e. The number of hydrogen-bond donors (Lipinski definition) is 0. The van der Waals surface area contributed by atoms with E-state index >= 15 is 0 Å². The topological polar surface area (TPSA) is 23.1 Å². The van der Waals surface area contributed by atoms with Crippen molar-refractivity contribution in [2.24, 2.45) is 0 Å². The summed E-state index contributed by atoms with van der Waals surface area (Å²) in [6, 6.07) is 5.98. The van der Waals surface area contributed by atoms with Crippen LogP contribution < -0.4 is 32.8 Å². The molecule has 0 aliphatic rings. The summed E-state index contributed by atoms with van der Waals surface area (Å²) in [6.07, 6.45) is 0. The standard InChI is InChI=1S/C18H9F6OSi.ClH.Mg/c19-10-1-4-16(13(22)7-10)26(25,17-5-2-11(20)8-14(17)23)18-6-3-12(21)9-15(18)24;;/h1-9H;1H;/q-1;;+2/p-1. The Hall–Kier alpha value is -1.53. The third kappa shape index (κ3) is 4.38. The van der Waals surface area contributed by atoms with Gasteiger partial charge in [-0.3, -0.25) is 0 Å². The Labute approximate surface area is 179 Å². The van der Waals surface area contributed by atoms with Crippen molar-refractivity contribution >= 4 is 46.9 Å². The summed E-state index contributed by atoms with van der Waals surface area (Å²) in [6.45, 7) is 0. The van der Waals surface area contributed by atoms with E-state index in [0.29, 0.717) is 18.2 Å². The van der Waals surface area contributed by atoms with E-state index in [-0.39, 0.29) is 35.5 Å². The van der Waals surface area contributed by atoms with Crippen molar-refractivity contribution in [3.05, 3.63) is 89.5 Å². The minimum atomic E-state index is -4.96. The molecular weight excluding hydrogens is 434 g/mol. The average molecular weight is 443 g/mol. The van der Waals surface area contributed by atoms with Gasteiger partial charge in [0.25, 0.3) is 0 Å². The molecule has 3 aromatic carbocycles. The van der Waals surface area contributed by atoms with Gasteiger partial charge in [0.2, 0.25) is 0 Å². The van der Waals surface area contributed by atoms with Crippen LogP contribution in [0.15, 0.2) is 54.6 Å². The first-order chi connectivity index (χ1) is 12.2. The molecule has 0 spiro atoms. The Morgan fingerprint density at radius 3 is 1.00 bits per heavy atom. The second kappa shape index (κ2) is 9.31. The molecule has 0 aliphatic heterocycles. The number of halogens is 7. The van der Waals surface area contributed by atoms with E-state index in [1.165, 1.54) is 0 Å². The van der Waals surface area contributed by atoms with Crippen molar-refractivity contribution < 1.29 is 43.5 Å². The van der Waals surface area contributed by atoms with Crippen LogP contribution in [-0.2, 0) is 0 Å². The van der Waals surface area contributed by atoms with E-state index in [4.69, 9.17) is 0 Å². The summed E-state index contributed by atoms with van der Waals surface area (Å²) in [7, 11) is -4.96. The van der Waals surface area contributed by atoms with Crippen LogP contribution in [-0.4, -0.2) is 31.4 Å². The molecule has 0 unspecified atom stereocenters. The molecule has 28 heavy (non-hydrogen) atoms. The fourth-order valence-electron chi connectivity index (χ4n) is 2.76. The predicted octanol–water partition coefficient (Wildman–Crippen LogP) is -1.53. The quantitative estimate of drug-likeness (QED) is 0.274. The molecule has 0 heterocycles. The molecule has 0 amide bonds. The molecule has 10 heteroatoms. The van der Waals surface area contributed by atoms with E-state index in [2.05, 4.69) is 0 Å². The van der Waals surface area contributed by atoms with Crippen LogP contribution >= 0.6 is 0 Å². The number of benzene rings is 3. The monoisotopic (exact) mass is 442 g/mol. The molecule has 0 aromatic heterocycles. The number of rotatable bonds is 3. The Morgan fingerprint density at radius 1 is 0.536 bits per heavy atom. The summed E-state index contributed by atoms with van der Waals surface area (Å²) in [5.41, 5.74) is 0. The maximum atomic E-state index is 14.3. The zero-order valence-corrected chi connectivity index (χ0v) is 17.1. The molecular formula is C18H9ClF6MgOSi. The summed E-state index contributed by atoms with van der Waals surface area (Å²) in [5, 5.41) is -1.97. The molecule has 1 nitrogen and oxygen atoms in total. The van der Waals surface area contributed by atoms with Crippen molar-refractivity contribution in [2.75, 3.05) is 0 Å². The van der Waals surface area contributed by atoms with Crippen LogP contribution in [0.5, 0.6) is 0 Å². The van der Waals surface area contributed by atoms with Crippen molar-refractivity contribution in [2.45, 2.75) is 0 Å². The summed E-state index contributed by atoms with van der Waals surface area (Å²) in [5.74, 6) is -6.83. The van der Waals surface area contributed by atoms with Crippen molar-refractivity contribution in [1.82, 2.24) is 0 Å². The normalized spacial score (nSPS) is 10.8. The van der Waals surface area contributed by atoms with Crippen LogP contribution in [0.3, 0.4) is 0 Å². The fraction of sp³-hybridized carbons (Fsp3) is 0.